The highest BCUT2D eigenvalue weighted by molar-refractivity contribution is 7.10. The van der Waals surface area contributed by atoms with Gasteiger partial charge in [0.25, 0.3) is 0 Å². The summed E-state index contributed by atoms with van der Waals surface area (Å²) in [6.45, 7) is 4.38. The number of fused-ring (bicyclic) bond motifs is 1. The molecule has 0 unspecified atom stereocenters. The Kier molecular flexibility index (Phi) is 5.21. The van der Waals surface area contributed by atoms with Gasteiger partial charge in [-0.25, -0.2) is 9.97 Å². The molecule has 0 bridgehead atoms. The quantitative estimate of drug-likeness (QED) is 0.669. The molecule has 5 nitrogen and oxygen atoms in total. The van der Waals surface area contributed by atoms with Gasteiger partial charge in [-0.3, -0.25) is 4.79 Å². The molecule has 0 saturated heterocycles. The highest BCUT2D eigenvalue weighted by Gasteiger charge is 2.26. The SMILES string of the molecule is Cc1cc(C)nc(-c2cccc3c2O[C@H](CNC(=O)/C=C/c2cccs2)C3)n1. The lowest BCUT2D eigenvalue weighted by Crippen LogP contribution is -2.33. The van der Waals surface area contributed by atoms with E-state index >= 15 is 0 Å². The van der Waals surface area contributed by atoms with Crippen molar-refractivity contribution >= 4 is 23.3 Å². The van der Waals surface area contributed by atoms with E-state index in [2.05, 4.69) is 21.4 Å². The van der Waals surface area contributed by atoms with Crippen LogP contribution in [0.4, 0.5) is 0 Å². The average molecular weight is 391 g/mol. The molecule has 3 aromatic rings. The second-order valence-electron chi connectivity index (χ2n) is 6.81. The van der Waals surface area contributed by atoms with Crippen molar-refractivity contribution in [3.05, 3.63) is 69.7 Å². The van der Waals surface area contributed by atoms with Gasteiger partial charge in [0.2, 0.25) is 5.91 Å². The number of hydrogen-bond acceptors (Lipinski definition) is 5. The van der Waals surface area contributed by atoms with Crippen LogP contribution in [-0.4, -0.2) is 28.5 Å². The topological polar surface area (TPSA) is 64.1 Å². The van der Waals surface area contributed by atoms with E-state index in [-0.39, 0.29) is 12.0 Å². The van der Waals surface area contributed by atoms with Crippen LogP contribution < -0.4 is 10.1 Å². The number of para-hydroxylation sites is 1. The summed E-state index contributed by atoms with van der Waals surface area (Å²) in [7, 11) is 0. The number of hydrogen-bond donors (Lipinski definition) is 1. The van der Waals surface area contributed by atoms with Gasteiger partial charge in [-0.15, -0.1) is 11.3 Å². The maximum absolute atomic E-state index is 12.1. The van der Waals surface area contributed by atoms with Crippen LogP contribution in [0.5, 0.6) is 5.75 Å². The number of rotatable bonds is 5. The molecule has 0 radical (unpaired) electrons. The standard InChI is InChI=1S/C22H21N3O2S/c1-14-11-15(2)25-22(24-14)19-7-3-5-16-12-17(27-21(16)19)13-23-20(26)9-8-18-6-4-10-28-18/h3-11,17H,12-13H2,1-2H3,(H,23,26)/b9-8+/t17-/m0/s1. The van der Waals surface area contributed by atoms with E-state index in [1.54, 1.807) is 17.4 Å². The number of nitrogens with one attached hydrogen (secondary N) is 1. The van der Waals surface area contributed by atoms with Gasteiger partial charge in [0.15, 0.2) is 5.82 Å². The number of benzene rings is 1. The molecule has 6 heteroatoms. The number of thiophene rings is 1. The van der Waals surface area contributed by atoms with Gasteiger partial charge in [0.05, 0.1) is 12.1 Å². The fourth-order valence-corrected chi connectivity index (χ4v) is 3.91. The van der Waals surface area contributed by atoms with Gasteiger partial charge in [0.1, 0.15) is 11.9 Å². The van der Waals surface area contributed by atoms with E-state index in [0.29, 0.717) is 12.4 Å². The smallest absolute Gasteiger partial charge is 0.244 e. The lowest BCUT2D eigenvalue weighted by atomic mass is 10.1. The van der Waals surface area contributed by atoms with E-state index in [1.807, 2.05) is 55.6 Å². The maximum atomic E-state index is 12.1. The molecule has 0 saturated carbocycles. The molecule has 3 heterocycles. The molecule has 1 atom stereocenters. The first-order chi connectivity index (χ1) is 13.6. The van der Waals surface area contributed by atoms with Gasteiger partial charge >= 0.3 is 0 Å². The third-order valence-corrected chi connectivity index (χ3v) is 5.34. The Bertz CT molecular complexity index is 1010. The van der Waals surface area contributed by atoms with E-state index in [9.17, 15) is 4.79 Å². The summed E-state index contributed by atoms with van der Waals surface area (Å²) in [5.41, 5.74) is 3.88. The summed E-state index contributed by atoms with van der Waals surface area (Å²) < 4.78 is 6.16. The third-order valence-electron chi connectivity index (χ3n) is 4.50. The van der Waals surface area contributed by atoms with Crippen LogP contribution in [0.2, 0.25) is 0 Å². The van der Waals surface area contributed by atoms with Crippen LogP contribution in [-0.2, 0) is 11.2 Å². The summed E-state index contributed by atoms with van der Waals surface area (Å²) in [4.78, 5) is 22.2. The van der Waals surface area contributed by atoms with Gasteiger partial charge < -0.3 is 10.1 Å². The predicted octanol–water partition coefficient (Wildman–Crippen LogP) is 3.96. The molecule has 0 aliphatic carbocycles. The first-order valence-corrected chi connectivity index (χ1v) is 10.1. The van der Waals surface area contributed by atoms with E-state index in [4.69, 9.17) is 4.74 Å². The minimum Gasteiger partial charge on any atom is -0.487 e. The van der Waals surface area contributed by atoms with Crippen molar-refractivity contribution in [2.45, 2.75) is 26.4 Å². The van der Waals surface area contributed by atoms with E-state index in [1.165, 1.54) is 0 Å². The monoisotopic (exact) mass is 391 g/mol. The molecule has 4 rings (SSSR count). The first-order valence-electron chi connectivity index (χ1n) is 9.19. The molecular formula is C22H21N3O2S. The fraction of sp³-hybridized carbons (Fsp3) is 0.227. The van der Waals surface area contributed by atoms with Crippen molar-refractivity contribution < 1.29 is 9.53 Å². The number of aromatic nitrogens is 2. The Morgan fingerprint density at radius 2 is 2.07 bits per heavy atom. The van der Waals surface area contributed by atoms with Crippen LogP contribution in [0.3, 0.4) is 0 Å². The molecule has 1 N–H and O–H groups in total. The van der Waals surface area contributed by atoms with Crippen LogP contribution in [0.15, 0.2) is 47.9 Å². The molecule has 2 aromatic heterocycles. The molecule has 1 aliphatic rings. The summed E-state index contributed by atoms with van der Waals surface area (Å²) in [6.07, 6.45) is 4.03. The minimum atomic E-state index is -0.120. The number of carbonyl (C=O) groups excluding carboxylic acids is 1. The molecule has 1 aliphatic heterocycles. The number of carbonyl (C=O) groups is 1. The lowest BCUT2D eigenvalue weighted by molar-refractivity contribution is -0.116. The van der Waals surface area contributed by atoms with Crippen molar-refractivity contribution in [2.24, 2.45) is 0 Å². The Balaban J connectivity index is 1.43. The van der Waals surface area contributed by atoms with Crippen molar-refractivity contribution in [3.8, 4) is 17.1 Å². The van der Waals surface area contributed by atoms with E-state index in [0.717, 1.165) is 39.6 Å². The van der Waals surface area contributed by atoms with E-state index < -0.39 is 0 Å². The van der Waals surface area contributed by atoms with Crippen molar-refractivity contribution in [2.75, 3.05) is 6.54 Å². The van der Waals surface area contributed by atoms with Crippen LogP contribution in [0.1, 0.15) is 21.8 Å². The zero-order valence-electron chi connectivity index (χ0n) is 15.8. The second kappa shape index (κ2) is 7.94. The minimum absolute atomic E-state index is 0.0962. The van der Waals surface area contributed by atoms with Crippen molar-refractivity contribution in [1.82, 2.24) is 15.3 Å². The number of amides is 1. The lowest BCUT2D eigenvalue weighted by Gasteiger charge is -2.13. The fourth-order valence-electron chi connectivity index (χ4n) is 3.29. The Morgan fingerprint density at radius 1 is 1.25 bits per heavy atom. The maximum Gasteiger partial charge on any atom is 0.244 e. The predicted molar refractivity (Wildman–Crippen MR) is 111 cm³/mol. The summed E-state index contributed by atoms with van der Waals surface area (Å²) >= 11 is 1.60. The molecule has 1 aromatic carbocycles. The third kappa shape index (κ3) is 4.12. The van der Waals surface area contributed by atoms with Crippen molar-refractivity contribution in [1.29, 1.82) is 0 Å². The summed E-state index contributed by atoms with van der Waals surface area (Å²) in [5, 5.41) is 4.91. The van der Waals surface area contributed by atoms with Crippen LogP contribution in [0, 0.1) is 13.8 Å². The van der Waals surface area contributed by atoms with Crippen LogP contribution >= 0.6 is 11.3 Å². The van der Waals surface area contributed by atoms with Crippen LogP contribution in [0.25, 0.3) is 17.5 Å². The van der Waals surface area contributed by atoms with Gasteiger partial charge in [-0.1, -0.05) is 18.2 Å². The number of ether oxygens (including phenoxy) is 1. The van der Waals surface area contributed by atoms with Gasteiger partial charge in [0, 0.05) is 28.8 Å². The molecular weight excluding hydrogens is 370 g/mol. The van der Waals surface area contributed by atoms with Gasteiger partial charge in [-0.05, 0) is 49.1 Å². The van der Waals surface area contributed by atoms with Gasteiger partial charge in [-0.2, -0.15) is 0 Å². The first kappa shape index (κ1) is 18.4. The molecule has 28 heavy (non-hydrogen) atoms. The number of nitrogens with zero attached hydrogens (tertiary/aromatic N) is 2. The van der Waals surface area contributed by atoms with Crippen molar-refractivity contribution in [3.63, 3.8) is 0 Å². The molecule has 1 amide bonds. The number of aryl methyl sites for hydroxylation is 2. The Hall–Kier alpha value is -2.99. The highest BCUT2D eigenvalue weighted by Crippen LogP contribution is 2.37. The zero-order valence-corrected chi connectivity index (χ0v) is 16.6. The second-order valence-corrected chi connectivity index (χ2v) is 7.79. The Morgan fingerprint density at radius 3 is 2.82 bits per heavy atom. The summed E-state index contributed by atoms with van der Waals surface area (Å²) in [5.74, 6) is 1.38. The molecule has 0 fully saturated rings. The zero-order chi connectivity index (χ0) is 19.5. The largest absolute Gasteiger partial charge is 0.487 e. The Labute approximate surface area is 168 Å². The molecule has 142 valence electrons. The average Bonchev–Trinajstić information content (AvgIpc) is 3.32. The summed E-state index contributed by atoms with van der Waals surface area (Å²) in [6, 6.07) is 11.9. The highest BCUT2D eigenvalue weighted by atomic mass is 32.1. The molecule has 0 spiro atoms. The normalized spacial score (nSPS) is 15.4.